The molecule has 1 aliphatic heterocycles. The molecular weight excluding hydrogens is 350 g/mol. The molecule has 5 nitrogen and oxygen atoms in total. The lowest BCUT2D eigenvalue weighted by molar-refractivity contribution is 0.0355. The number of amides is 1. The molecule has 2 heterocycles. The molecule has 0 aliphatic carbocycles. The van der Waals surface area contributed by atoms with E-state index in [-0.39, 0.29) is 5.91 Å². The normalized spacial score (nSPS) is 15.2. The zero-order chi connectivity index (χ0) is 18.4. The highest BCUT2D eigenvalue weighted by Crippen LogP contribution is 2.19. The van der Waals surface area contributed by atoms with Gasteiger partial charge in [0, 0.05) is 45.1 Å². The largest absolute Gasteiger partial charge is 0.379 e. The van der Waals surface area contributed by atoms with Crippen molar-refractivity contribution in [2.75, 3.05) is 39.4 Å². The summed E-state index contributed by atoms with van der Waals surface area (Å²) in [6, 6.07) is 11.3. The standard InChI is InChI=1S/C20H26ClN3O2/c1-22-9-4-6-17(22)16-24(11-5-10-23-12-14-26-15-13-23)20(25)18-7-2-3-8-19(18)21/h2-4,6-9H,5,10-16H2,1H3. The molecule has 2 aromatic rings. The van der Waals surface area contributed by atoms with Crippen molar-refractivity contribution in [1.29, 1.82) is 0 Å². The fourth-order valence-corrected chi connectivity index (χ4v) is 3.44. The van der Waals surface area contributed by atoms with Crippen molar-refractivity contribution in [3.63, 3.8) is 0 Å². The number of nitrogens with zero attached hydrogens (tertiary/aromatic N) is 3. The second-order valence-corrected chi connectivity index (χ2v) is 7.03. The van der Waals surface area contributed by atoms with Gasteiger partial charge in [0.1, 0.15) is 0 Å². The highest BCUT2D eigenvalue weighted by atomic mass is 35.5. The molecule has 1 fully saturated rings. The summed E-state index contributed by atoms with van der Waals surface area (Å²) in [6.07, 6.45) is 2.93. The molecule has 0 unspecified atom stereocenters. The predicted octanol–water partition coefficient (Wildman–Crippen LogP) is 3.04. The summed E-state index contributed by atoms with van der Waals surface area (Å²) >= 11 is 6.26. The summed E-state index contributed by atoms with van der Waals surface area (Å²) in [7, 11) is 2.00. The Morgan fingerprint density at radius 1 is 1.19 bits per heavy atom. The summed E-state index contributed by atoms with van der Waals surface area (Å²) in [4.78, 5) is 17.4. The Morgan fingerprint density at radius 2 is 1.96 bits per heavy atom. The van der Waals surface area contributed by atoms with E-state index < -0.39 is 0 Å². The van der Waals surface area contributed by atoms with Crippen LogP contribution in [-0.4, -0.2) is 59.7 Å². The van der Waals surface area contributed by atoms with Gasteiger partial charge < -0.3 is 14.2 Å². The Morgan fingerprint density at radius 3 is 2.65 bits per heavy atom. The third kappa shape index (κ3) is 4.87. The minimum atomic E-state index is -0.0150. The molecule has 0 bridgehead atoms. The lowest BCUT2D eigenvalue weighted by Crippen LogP contribution is -2.39. The maximum atomic E-state index is 13.1. The molecule has 1 aliphatic rings. The molecule has 0 atom stereocenters. The fourth-order valence-electron chi connectivity index (χ4n) is 3.22. The van der Waals surface area contributed by atoms with Gasteiger partial charge in [-0.1, -0.05) is 23.7 Å². The zero-order valence-electron chi connectivity index (χ0n) is 15.2. The first-order valence-electron chi connectivity index (χ1n) is 9.09. The van der Waals surface area contributed by atoms with Crippen LogP contribution in [0.5, 0.6) is 0 Å². The quantitative estimate of drug-likeness (QED) is 0.746. The van der Waals surface area contributed by atoms with E-state index in [1.807, 2.05) is 36.3 Å². The van der Waals surface area contributed by atoms with Gasteiger partial charge in [-0.15, -0.1) is 0 Å². The van der Waals surface area contributed by atoms with E-state index in [1.54, 1.807) is 12.1 Å². The Hall–Kier alpha value is -1.82. The van der Waals surface area contributed by atoms with Crippen LogP contribution in [-0.2, 0) is 18.3 Å². The number of carbonyl (C=O) groups excluding carboxylic acids is 1. The van der Waals surface area contributed by atoms with Crippen molar-refractivity contribution >= 4 is 17.5 Å². The molecule has 140 valence electrons. The second kappa shape index (κ2) is 9.21. The number of aromatic nitrogens is 1. The van der Waals surface area contributed by atoms with Crippen LogP contribution in [0.25, 0.3) is 0 Å². The number of carbonyl (C=O) groups is 1. The molecular formula is C20H26ClN3O2. The van der Waals surface area contributed by atoms with Gasteiger partial charge in [-0.3, -0.25) is 9.69 Å². The maximum absolute atomic E-state index is 13.1. The fraction of sp³-hybridized carbons (Fsp3) is 0.450. The van der Waals surface area contributed by atoms with Crippen LogP contribution in [0.1, 0.15) is 22.5 Å². The van der Waals surface area contributed by atoms with Gasteiger partial charge in [0.15, 0.2) is 0 Å². The van der Waals surface area contributed by atoms with Gasteiger partial charge >= 0.3 is 0 Å². The minimum Gasteiger partial charge on any atom is -0.379 e. The van der Waals surface area contributed by atoms with Gasteiger partial charge in [0.2, 0.25) is 0 Å². The Labute approximate surface area is 160 Å². The number of halogens is 1. The summed E-state index contributed by atoms with van der Waals surface area (Å²) in [5.74, 6) is -0.0150. The number of aryl methyl sites for hydroxylation is 1. The molecule has 1 aromatic carbocycles. The smallest absolute Gasteiger partial charge is 0.255 e. The highest BCUT2D eigenvalue weighted by Gasteiger charge is 2.20. The van der Waals surface area contributed by atoms with E-state index in [9.17, 15) is 4.79 Å². The van der Waals surface area contributed by atoms with Crippen molar-refractivity contribution < 1.29 is 9.53 Å². The highest BCUT2D eigenvalue weighted by molar-refractivity contribution is 6.33. The van der Waals surface area contributed by atoms with E-state index in [2.05, 4.69) is 15.5 Å². The SMILES string of the molecule is Cn1cccc1CN(CCCN1CCOCC1)C(=O)c1ccccc1Cl. The van der Waals surface area contributed by atoms with Crippen molar-refractivity contribution in [3.05, 3.63) is 58.9 Å². The van der Waals surface area contributed by atoms with Crippen molar-refractivity contribution in [2.24, 2.45) is 7.05 Å². The van der Waals surface area contributed by atoms with E-state index in [0.717, 1.165) is 45.0 Å². The first-order valence-corrected chi connectivity index (χ1v) is 9.47. The van der Waals surface area contributed by atoms with Crippen LogP contribution in [0.2, 0.25) is 5.02 Å². The Kier molecular flexibility index (Phi) is 6.72. The first-order chi connectivity index (χ1) is 12.6. The van der Waals surface area contributed by atoms with E-state index >= 15 is 0 Å². The summed E-state index contributed by atoms with van der Waals surface area (Å²) in [6.45, 7) is 5.79. The molecule has 1 amide bonds. The zero-order valence-corrected chi connectivity index (χ0v) is 16.0. The summed E-state index contributed by atoms with van der Waals surface area (Å²) in [5, 5.41) is 0.502. The predicted molar refractivity (Wildman–Crippen MR) is 103 cm³/mol. The van der Waals surface area contributed by atoms with Crippen LogP contribution < -0.4 is 0 Å². The lowest BCUT2D eigenvalue weighted by atomic mass is 10.2. The van der Waals surface area contributed by atoms with Crippen molar-refractivity contribution in [1.82, 2.24) is 14.4 Å². The van der Waals surface area contributed by atoms with E-state index in [4.69, 9.17) is 16.3 Å². The van der Waals surface area contributed by atoms with Crippen LogP contribution in [0, 0.1) is 0 Å². The van der Waals surface area contributed by atoms with Crippen LogP contribution in [0.3, 0.4) is 0 Å². The Balaban J connectivity index is 1.67. The molecule has 0 spiro atoms. The number of benzene rings is 1. The maximum Gasteiger partial charge on any atom is 0.255 e. The van der Waals surface area contributed by atoms with Gasteiger partial charge in [-0.25, -0.2) is 0 Å². The second-order valence-electron chi connectivity index (χ2n) is 6.62. The lowest BCUT2D eigenvalue weighted by Gasteiger charge is -2.28. The molecule has 3 rings (SSSR count). The molecule has 0 radical (unpaired) electrons. The molecule has 0 saturated carbocycles. The van der Waals surface area contributed by atoms with E-state index in [1.165, 1.54) is 0 Å². The molecule has 26 heavy (non-hydrogen) atoms. The van der Waals surface area contributed by atoms with Crippen LogP contribution in [0.4, 0.5) is 0 Å². The number of ether oxygens (including phenoxy) is 1. The van der Waals surface area contributed by atoms with Gasteiger partial charge in [0.25, 0.3) is 5.91 Å². The monoisotopic (exact) mass is 375 g/mol. The average Bonchev–Trinajstić information content (AvgIpc) is 3.06. The van der Waals surface area contributed by atoms with Gasteiger partial charge in [-0.05, 0) is 30.7 Å². The third-order valence-corrected chi connectivity index (χ3v) is 5.13. The minimum absolute atomic E-state index is 0.0150. The molecule has 1 aromatic heterocycles. The number of rotatable bonds is 7. The summed E-state index contributed by atoms with van der Waals surface area (Å²) < 4.78 is 7.45. The number of hydrogen-bond acceptors (Lipinski definition) is 3. The average molecular weight is 376 g/mol. The van der Waals surface area contributed by atoms with Crippen molar-refractivity contribution in [3.8, 4) is 0 Å². The topological polar surface area (TPSA) is 37.7 Å². The van der Waals surface area contributed by atoms with Crippen LogP contribution >= 0.6 is 11.6 Å². The van der Waals surface area contributed by atoms with Crippen molar-refractivity contribution in [2.45, 2.75) is 13.0 Å². The van der Waals surface area contributed by atoms with E-state index in [0.29, 0.717) is 23.7 Å². The molecule has 6 heteroatoms. The van der Waals surface area contributed by atoms with Gasteiger partial charge in [0.05, 0.1) is 30.3 Å². The molecule has 0 N–H and O–H groups in total. The number of morpholine rings is 1. The third-order valence-electron chi connectivity index (χ3n) is 4.80. The summed E-state index contributed by atoms with van der Waals surface area (Å²) in [5.41, 5.74) is 1.67. The first kappa shape index (κ1) is 19.0. The Bertz CT molecular complexity index is 725. The van der Waals surface area contributed by atoms with Crippen LogP contribution in [0.15, 0.2) is 42.6 Å². The number of hydrogen-bond donors (Lipinski definition) is 0. The molecule has 1 saturated heterocycles. The van der Waals surface area contributed by atoms with Gasteiger partial charge in [-0.2, -0.15) is 0 Å².